The van der Waals surface area contributed by atoms with Crippen molar-refractivity contribution >= 4 is 27.3 Å². The van der Waals surface area contributed by atoms with Gasteiger partial charge in [-0.2, -0.15) is 5.26 Å². The molecule has 0 saturated carbocycles. The van der Waals surface area contributed by atoms with Gasteiger partial charge in [0.2, 0.25) is 10.0 Å². The number of nitrogens with one attached hydrogen (secondary N) is 1. The lowest BCUT2D eigenvalue weighted by Gasteiger charge is -2.10. The van der Waals surface area contributed by atoms with E-state index in [0.29, 0.717) is 17.8 Å². The van der Waals surface area contributed by atoms with Gasteiger partial charge in [-0.25, -0.2) is 17.9 Å². The molecule has 0 atom stereocenters. The van der Waals surface area contributed by atoms with Crippen LogP contribution in [0, 0.1) is 17.1 Å². The van der Waals surface area contributed by atoms with E-state index >= 15 is 0 Å². The topological polar surface area (TPSA) is 96.0 Å². The van der Waals surface area contributed by atoms with Gasteiger partial charge < -0.3 is 5.32 Å². The highest BCUT2D eigenvalue weighted by molar-refractivity contribution is 7.89. The van der Waals surface area contributed by atoms with Gasteiger partial charge in [-0.3, -0.25) is 0 Å². The molecular weight excluding hydrogens is 329 g/mol. The Morgan fingerprint density at radius 2 is 2.00 bits per heavy atom. The number of nitriles is 1. The maximum absolute atomic E-state index is 13.1. The SMILES string of the molecule is N#Cc1cc(S(N)(=O)=O)ccc1NCc1ccc(F)c(Cl)c1. The summed E-state index contributed by atoms with van der Waals surface area (Å²) in [5, 5.41) is 17.1. The third-order valence-electron chi connectivity index (χ3n) is 2.91. The lowest BCUT2D eigenvalue weighted by Crippen LogP contribution is -2.12. The number of anilines is 1. The van der Waals surface area contributed by atoms with Crippen molar-refractivity contribution in [3.8, 4) is 6.07 Å². The number of sulfonamides is 1. The molecule has 0 radical (unpaired) electrons. The van der Waals surface area contributed by atoms with Crippen LogP contribution in [-0.4, -0.2) is 8.42 Å². The van der Waals surface area contributed by atoms with Crippen LogP contribution in [0.3, 0.4) is 0 Å². The minimum atomic E-state index is -3.87. The summed E-state index contributed by atoms with van der Waals surface area (Å²) >= 11 is 5.69. The van der Waals surface area contributed by atoms with E-state index in [9.17, 15) is 12.8 Å². The Balaban J connectivity index is 2.23. The second kappa shape index (κ2) is 6.32. The minimum absolute atomic E-state index is 0.00406. The fraction of sp³-hybridized carbons (Fsp3) is 0.0714. The highest BCUT2D eigenvalue weighted by Gasteiger charge is 2.11. The number of nitrogens with zero attached hydrogens (tertiary/aromatic N) is 1. The van der Waals surface area contributed by atoms with Crippen LogP contribution in [-0.2, 0) is 16.6 Å². The average Bonchev–Trinajstić information content (AvgIpc) is 2.47. The van der Waals surface area contributed by atoms with Gasteiger partial charge >= 0.3 is 0 Å². The van der Waals surface area contributed by atoms with E-state index in [4.69, 9.17) is 22.0 Å². The predicted octanol–water partition coefficient (Wildman–Crippen LogP) is 2.61. The Hall–Kier alpha value is -2.14. The van der Waals surface area contributed by atoms with Crippen molar-refractivity contribution in [3.63, 3.8) is 0 Å². The van der Waals surface area contributed by atoms with Crippen LogP contribution in [0.4, 0.5) is 10.1 Å². The van der Waals surface area contributed by atoms with E-state index in [2.05, 4.69) is 5.32 Å². The van der Waals surface area contributed by atoms with Gasteiger partial charge in [-0.15, -0.1) is 0 Å². The molecule has 2 aromatic carbocycles. The highest BCUT2D eigenvalue weighted by atomic mass is 35.5. The second-order valence-electron chi connectivity index (χ2n) is 4.47. The Morgan fingerprint density at radius 3 is 2.59 bits per heavy atom. The van der Waals surface area contributed by atoms with E-state index in [1.807, 2.05) is 6.07 Å². The van der Waals surface area contributed by atoms with Gasteiger partial charge in [0.05, 0.1) is 21.2 Å². The van der Waals surface area contributed by atoms with Crippen molar-refractivity contribution in [3.05, 3.63) is 58.4 Å². The maximum Gasteiger partial charge on any atom is 0.238 e. The molecule has 0 amide bonds. The zero-order valence-corrected chi connectivity index (χ0v) is 12.7. The first-order valence-electron chi connectivity index (χ1n) is 6.06. The largest absolute Gasteiger partial charge is 0.380 e. The fourth-order valence-corrected chi connectivity index (χ4v) is 2.54. The summed E-state index contributed by atoms with van der Waals surface area (Å²) in [5.74, 6) is -0.513. The molecule has 0 saturated heterocycles. The van der Waals surface area contributed by atoms with Crippen LogP contribution >= 0.6 is 11.6 Å². The van der Waals surface area contributed by atoms with Crippen molar-refractivity contribution in [2.45, 2.75) is 11.4 Å². The standard InChI is InChI=1S/C14H11ClFN3O2S/c15-12-5-9(1-3-13(12)16)8-19-14-4-2-11(22(18,20)21)6-10(14)7-17/h1-6,19H,8H2,(H2,18,20,21). The van der Waals surface area contributed by atoms with Crippen molar-refractivity contribution < 1.29 is 12.8 Å². The number of rotatable bonds is 4. The number of hydrogen-bond donors (Lipinski definition) is 2. The summed E-state index contributed by atoms with van der Waals surface area (Å²) in [6, 6.07) is 10.1. The highest BCUT2D eigenvalue weighted by Crippen LogP contribution is 2.21. The molecule has 0 aromatic heterocycles. The van der Waals surface area contributed by atoms with Gasteiger partial charge in [0.25, 0.3) is 0 Å². The van der Waals surface area contributed by atoms with Crippen LogP contribution in [0.2, 0.25) is 5.02 Å². The first-order chi connectivity index (χ1) is 10.3. The Morgan fingerprint density at radius 1 is 1.27 bits per heavy atom. The number of primary sulfonamides is 1. The summed E-state index contributed by atoms with van der Waals surface area (Å²) in [5.41, 5.74) is 1.29. The molecule has 0 heterocycles. The van der Waals surface area contributed by atoms with Gasteiger partial charge in [-0.05, 0) is 35.9 Å². The van der Waals surface area contributed by atoms with E-state index in [0.717, 1.165) is 0 Å². The molecule has 2 rings (SSSR count). The van der Waals surface area contributed by atoms with Gasteiger partial charge in [-0.1, -0.05) is 17.7 Å². The molecule has 0 fully saturated rings. The molecule has 0 spiro atoms. The third-order valence-corrected chi connectivity index (χ3v) is 4.11. The van der Waals surface area contributed by atoms with Crippen molar-refractivity contribution in [2.24, 2.45) is 5.14 Å². The Bertz CT molecular complexity index is 863. The summed E-state index contributed by atoms with van der Waals surface area (Å²) in [4.78, 5) is -0.139. The van der Waals surface area contributed by atoms with E-state index in [1.165, 1.54) is 30.3 Å². The van der Waals surface area contributed by atoms with Crippen LogP contribution < -0.4 is 10.5 Å². The number of nitrogens with two attached hydrogens (primary N) is 1. The lowest BCUT2D eigenvalue weighted by atomic mass is 10.1. The van der Waals surface area contributed by atoms with E-state index in [-0.39, 0.29) is 15.5 Å². The summed E-state index contributed by atoms with van der Waals surface area (Å²) in [6.07, 6.45) is 0. The quantitative estimate of drug-likeness (QED) is 0.894. The van der Waals surface area contributed by atoms with Crippen molar-refractivity contribution in [2.75, 3.05) is 5.32 Å². The zero-order valence-electron chi connectivity index (χ0n) is 11.2. The van der Waals surface area contributed by atoms with Gasteiger partial charge in [0, 0.05) is 6.54 Å². The third kappa shape index (κ3) is 3.74. The van der Waals surface area contributed by atoms with E-state index < -0.39 is 15.8 Å². The number of benzene rings is 2. The molecule has 0 unspecified atom stereocenters. The zero-order chi connectivity index (χ0) is 16.3. The first kappa shape index (κ1) is 16.2. The molecule has 3 N–H and O–H groups in total. The van der Waals surface area contributed by atoms with Crippen molar-refractivity contribution in [1.82, 2.24) is 0 Å². The first-order valence-corrected chi connectivity index (χ1v) is 7.98. The molecule has 0 aliphatic rings. The molecule has 8 heteroatoms. The Kier molecular flexibility index (Phi) is 4.66. The predicted molar refractivity (Wildman–Crippen MR) is 81.3 cm³/mol. The van der Waals surface area contributed by atoms with Crippen LogP contribution in [0.5, 0.6) is 0 Å². The molecule has 0 aliphatic carbocycles. The lowest BCUT2D eigenvalue weighted by molar-refractivity contribution is 0.598. The molecule has 0 aliphatic heterocycles. The van der Waals surface area contributed by atoms with Crippen LogP contribution in [0.1, 0.15) is 11.1 Å². The molecular formula is C14H11ClFN3O2S. The molecule has 114 valence electrons. The molecule has 22 heavy (non-hydrogen) atoms. The number of hydrogen-bond acceptors (Lipinski definition) is 4. The van der Waals surface area contributed by atoms with Crippen LogP contribution in [0.15, 0.2) is 41.3 Å². The maximum atomic E-state index is 13.1. The summed E-state index contributed by atoms with van der Waals surface area (Å²) in [7, 11) is -3.87. The smallest absolute Gasteiger partial charge is 0.238 e. The fourth-order valence-electron chi connectivity index (χ4n) is 1.79. The summed E-state index contributed by atoms with van der Waals surface area (Å²) in [6.45, 7) is 0.295. The second-order valence-corrected chi connectivity index (χ2v) is 6.43. The van der Waals surface area contributed by atoms with E-state index in [1.54, 1.807) is 6.07 Å². The molecule has 2 aromatic rings. The monoisotopic (exact) mass is 339 g/mol. The Labute approximate surface area is 132 Å². The van der Waals surface area contributed by atoms with Crippen molar-refractivity contribution in [1.29, 1.82) is 5.26 Å². The number of halogens is 2. The molecule has 5 nitrogen and oxygen atoms in total. The van der Waals surface area contributed by atoms with Crippen LogP contribution in [0.25, 0.3) is 0 Å². The van der Waals surface area contributed by atoms with Gasteiger partial charge in [0.15, 0.2) is 0 Å². The van der Waals surface area contributed by atoms with Gasteiger partial charge in [0.1, 0.15) is 11.9 Å². The minimum Gasteiger partial charge on any atom is -0.380 e. The average molecular weight is 340 g/mol. The summed E-state index contributed by atoms with van der Waals surface area (Å²) < 4.78 is 35.6. The molecule has 0 bridgehead atoms. The normalized spacial score (nSPS) is 11.0.